The molecule has 0 saturated heterocycles. The summed E-state index contributed by atoms with van der Waals surface area (Å²) in [5.74, 6) is -2.70. The number of hydrogen-bond donors (Lipinski definition) is 0. The van der Waals surface area contributed by atoms with Crippen LogP contribution in [0, 0.1) is 0 Å². The van der Waals surface area contributed by atoms with Crippen LogP contribution in [0.15, 0.2) is 33.8 Å². The predicted octanol–water partition coefficient (Wildman–Crippen LogP) is 6.63. The van der Waals surface area contributed by atoms with E-state index < -0.39 is 12.0 Å². The number of halogens is 3. The second-order valence-electron chi connectivity index (χ2n) is 6.98. The molecule has 0 saturated carbocycles. The molecule has 0 fully saturated rings. The fourth-order valence-electron chi connectivity index (χ4n) is 3.34. The molecule has 140 valence electrons. The molecular weight excluding hydrogens is 386 g/mol. The standard InChI is InChI=1S/C20H29BrF2N2/c1-3-4-5-6-7-8-9-14-20(22,23)19-15-18(24-25(19)2)16-10-12-17(21)13-11-16/h10-13,19H,3-9,14-15H2,1-2H3. The largest absolute Gasteiger partial charge is 0.290 e. The quantitative estimate of drug-likeness (QED) is 0.392. The van der Waals surface area contributed by atoms with E-state index >= 15 is 0 Å². The van der Waals surface area contributed by atoms with E-state index in [1.807, 2.05) is 24.3 Å². The minimum Gasteiger partial charge on any atom is -0.290 e. The highest BCUT2D eigenvalue weighted by Gasteiger charge is 2.44. The van der Waals surface area contributed by atoms with Crippen molar-refractivity contribution in [2.45, 2.75) is 76.7 Å². The lowest BCUT2D eigenvalue weighted by Gasteiger charge is -2.28. The Labute approximate surface area is 158 Å². The van der Waals surface area contributed by atoms with Crippen LogP contribution in [0.2, 0.25) is 0 Å². The van der Waals surface area contributed by atoms with Gasteiger partial charge in [-0.1, -0.05) is 73.5 Å². The molecule has 1 heterocycles. The van der Waals surface area contributed by atoms with Gasteiger partial charge in [-0.2, -0.15) is 5.10 Å². The van der Waals surface area contributed by atoms with Gasteiger partial charge in [0.1, 0.15) is 6.04 Å². The van der Waals surface area contributed by atoms with E-state index in [0.717, 1.165) is 28.6 Å². The van der Waals surface area contributed by atoms with E-state index in [4.69, 9.17) is 0 Å². The first-order valence-corrected chi connectivity index (χ1v) is 10.2. The SMILES string of the molecule is CCCCCCCCCC(F)(F)C1CC(c2ccc(Br)cc2)=NN1C. The average molecular weight is 415 g/mol. The van der Waals surface area contributed by atoms with Gasteiger partial charge in [-0.25, -0.2) is 8.78 Å². The highest BCUT2D eigenvalue weighted by molar-refractivity contribution is 9.10. The van der Waals surface area contributed by atoms with Crippen molar-refractivity contribution in [1.82, 2.24) is 5.01 Å². The second kappa shape index (κ2) is 9.65. The third-order valence-corrected chi connectivity index (χ3v) is 5.42. The molecule has 0 aromatic heterocycles. The second-order valence-corrected chi connectivity index (χ2v) is 7.90. The van der Waals surface area contributed by atoms with Gasteiger partial charge in [0.2, 0.25) is 0 Å². The third-order valence-electron chi connectivity index (χ3n) is 4.89. The van der Waals surface area contributed by atoms with E-state index in [0.29, 0.717) is 12.8 Å². The Bertz CT molecular complexity index is 557. The van der Waals surface area contributed by atoms with Crippen LogP contribution in [0.25, 0.3) is 0 Å². The lowest BCUT2D eigenvalue weighted by molar-refractivity contribution is -0.0748. The van der Waals surface area contributed by atoms with E-state index in [9.17, 15) is 8.78 Å². The minimum absolute atomic E-state index is 0.0427. The zero-order chi connectivity index (χ0) is 18.3. The molecule has 1 aromatic rings. The van der Waals surface area contributed by atoms with Crippen LogP contribution < -0.4 is 0 Å². The topological polar surface area (TPSA) is 15.6 Å². The van der Waals surface area contributed by atoms with Crippen molar-refractivity contribution >= 4 is 21.6 Å². The normalized spacial score (nSPS) is 17.9. The number of rotatable bonds is 10. The molecule has 1 aliphatic rings. The van der Waals surface area contributed by atoms with Crippen molar-refractivity contribution in [3.05, 3.63) is 34.3 Å². The van der Waals surface area contributed by atoms with Crippen LogP contribution in [0.4, 0.5) is 8.78 Å². The molecular formula is C20H29BrF2N2. The zero-order valence-electron chi connectivity index (χ0n) is 15.3. The molecule has 0 aliphatic carbocycles. The molecule has 0 spiro atoms. The van der Waals surface area contributed by atoms with Gasteiger partial charge in [0, 0.05) is 24.4 Å². The number of hydrazone groups is 1. The molecule has 1 aliphatic heterocycles. The molecule has 2 rings (SSSR count). The zero-order valence-corrected chi connectivity index (χ0v) is 16.9. The lowest BCUT2D eigenvalue weighted by atomic mass is 9.96. The van der Waals surface area contributed by atoms with Crippen LogP contribution in [0.3, 0.4) is 0 Å². The maximum absolute atomic E-state index is 14.6. The summed E-state index contributed by atoms with van der Waals surface area (Å²) in [6, 6.07) is 6.86. The van der Waals surface area contributed by atoms with E-state index in [1.54, 1.807) is 7.05 Å². The smallest absolute Gasteiger partial charge is 0.270 e. The number of nitrogens with zero attached hydrogens (tertiary/aromatic N) is 2. The summed E-state index contributed by atoms with van der Waals surface area (Å²) in [7, 11) is 1.66. The van der Waals surface area contributed by atoms with Crippen molar-refractivity contribution in [2.24, 2.45) is 5.10 Å². The predicted molar refractivity (Wildman–Crippen MR) is 104 cm³/mol. The molecule has 0 amide bonds. The van der Waals surface area contributed by atoms with Crippen molar-refractivity contribution in [1.29, 1.82) is 0 Å². The monoisotopic (exact) mass is 414 g/mol. The summed E-state index contributed by atoms with van der Waals surface area (Å²) in [5, 5.41) is 5.83. The van der Waals surface area contributed by atoms with E-state index in [1.165, 1.54) is 30.7 Å². The van der Waals surface area contributed by atoms with Gasteiger partial charge in [-0.15, -0.1) is 0 Å². The summed E-state index contributed by atoms with van der Waals surface area (Å²) in [6.45, 7) is 2.18. The van der Waals surface area contributed by atoms with Gasteiger partial charge in [-0.05, 0) is 24.1 Å². The highest BCUT2D eigenvalue weighted by Crippen LogP contribution is 2.35. The van der Waals surface area contributed by atoms with Crippen LogP contribution in [0.5, 0.6) is 0 Å². The Morgan fingerprint density at radius 2 is 1.68 bits per heavy atom. The van der Waals surface area contributed by atoms with Crippen molar-refractivity contribution < 1.29 is 8.78 Å². The third kappa shape index (κ3) is 6.05. The molecule has 0 bridgehead atoms. The van der Waals surface area contributed by atoms with E-state index in [-0.39, 0.29) is 6.42 Å². The Hall–Kier alpha value is -0.970. The highest BCUT2D eigenvalue weighted by atomic mass is 79.9. The summed E-state index contributed by atoms with van der Waals surface area (Å²) in [6.07, 6.45) is 7.68. The molecule has 25 heavy (non-hydrogen) atoms. The van der Waals surface area contributed by atoms with Gasteiger partial charge in [0.15, 0.2) is 0 Å². The fourth-order valence-corrected chi connectivity index (χ4v) is 3.61. The van der Waals surface area contributed by atoms with Gasteiger partial charge < -0.3 is 0 Å². The number of benzene rings is 1. The Morgan fingerprint density at radius 1 is 1.08 bits per heavy atom. The maximum atomic E-state index is 14.6. The first-order valence-electron chi connectivity index (χ1n) is 9.38. The number of unbranched alkanes of at least 4 members (excludes halogenated alkanes) is 6. The summed E-state index contributed by atoms with van der Waals surface area (Å²) >= 11 is 3.39. The molecule has 2 nitrogen and oxygen atoms in total. The molecule has 5 heteroatoms. The van der Waals surface area contributed by atoms with Crippen LogP contribution in [-0.2, 0) is 0 Å². The average Bonchev–Trinajstić information content (AvgIpc) is 2.97. The van der Waals surface area contributed by atoms with Crippen molar-refractivity contribution in [3.8, 4) is 0 Å². The fraction of sp³-hybridized carbons (Fsp3) is 0.650. The summed E-state index contributed by atoms with van der Waals surface area (Å²) in [4.78, 5) is 0. The molecule has 1 atom stereocenters. The van der Waals surface area contributed by atoms with Gasteiger partial charge in [0.05, 0.1) is 5.71 Å². The van der Waals surface area contributed by atoms with Gasteiger partial charge >= 0.3 is 0 Å². The molecule has 0 N–H and O–H groups in total. The van der Waals surface area contributed by atoms with Crippen LogP contribution in [0.1, 0.15) is 70.3 Å². The number of alkyl halides is 2. The number of hydrogen-bond acceptors (Lipinski definition) is 2. The summed E-state index contributed by atoms with van der Waals surface area (Å²) in [5.41, 5.74) is 1.67. The lowest BCUT2D eigenvalue weighted by Crippen LogP contribution is -2.41. The molecule has 1 unspecified atom stereocenters. The van der Waals surface area contributed by atoms with Crippen molar-refractivity contribution in [2.75, 3.05) is 7.05 Å². The van der Waals surface area contributed by atoms with Gasteiger partial charge in [-0.3, -0.25) is 5.01 Å². The maximum Gasteiger partial charge on any atom is 0.270 e. The Balaban J connectivity index is 1.81. The first-order chi connectivity index (χ1) is 11.9. The van der Waals surface area contributed by atoms with Crippen LogP contribution >= 0.6 is 15.9 Å². The Morgan fingerprint density at radius 3 is 2.32 bits per heavy atom. The molecule has 1 aromatic carbocycles. The van der Waals surface area contributed by atoms with Crippen molar-refractivity contribution in [3.63, 3.8) is 0 Å². The molecule has 0 radical (unpaired) electrons. The Kier molecular flexibility index (Phi) is 7.85. The summed E-state index contributed by atoms with van der Waals surface area (Å²) < 4.78 is 30.3. The minimum atomic E-state index is -2.70. The van der Waals surface area contributed by atoms with Crippen LogP contribution in [-0.4, -0.2) is 29.7 Å². The van der Waals surface area contributed by atoms with Gasteiger partial charge in [0.25, 0.3) is 5.92 Å². The first kappa shape index (κ1) is 20.3. The van der Waals surface area contributed by atoms with E-state index in [2.05, 4.69) is 28.0 Å².